The molecule has 160 valence electrons. The highest BCUT2D eigenvalue weighted by molar-refractivity contribution is 5.95. The molecule has 0 aliphatic carbocycles. The Morgan fingerprint density at radius 2 is 1.90 bits per heavy atom. The number of carbonyl (C=O) groups is 1. The minimum Gasteiger partial charge on any atom is -0.482 e. The first-order valence-electron chi connectivity index (χ1n) is 9.16. The van der Waals surface area contributed by atoms with Gasteiger partial charge in [0.1, 0.15) is 5.75 Å². The van der Waals surface area contributed by atoms with Crippen LogP contribution in [0.25, 0.3) is 5.65 Å². The minimum atomic E-state index is -4.53. The van der Waals surface area contributed by atoms with Gasteiger partial charge in [0.05, 0.1) is 5.69 Å². The summed E-state index contributed by atoms with van der Waals surface area (Å²) in [7, 11) is 0. The molecule has 0 saturated heterocycles. The highest BCUT2D eigenvalue weighted by Crippen LogP contribution is 2.30. The predicted molar refractivity (Wildman–Crippen MR) is 106 cm³/mol. The Kier molecular flexibility index (Phi) is 5.60. The van der Waals surface area contributed by atoms with Gasteiger partial charge in [0.25, 0.3) is 5.91 Å². The van der Waals surface area contributed by atoms with Crippen LogP contribution in [0.3, 0.4) is 0 Å². The molecule has 2 aromatic heterocycles. The fourth-order valence-corrected chi connectivity index (χ4v) is 2.62. The van der Waals surface area contributed by atoms with Crippen molar-refractivity contribution in [3.05, 3.63) is 47.7 Å². The van der Waals surface area contributed by atoms with Gasteiger partial charge in [-0.05, 0) is 57.5 Å². The molecular formula is C20H22F3N5O2. The van der Waals surface area contributed by atoms with Gasteiger partial charge in [-0.25, -0.2) is 4.52 Å². The van der Waals surface area contributed by atoms with Crippen molar-refractivity contribution in [3.63, 3.8) is 0 Å². The van der Waals surface area contributed by atoms with Crippen molar-refractivity contribution in [2.45, 2.75) is 39.4 Å². The number of aromatic nitrogens is 3. The molecule has 1 aromatic carbocycles. The lowest BCUT2D eigenvalue weighted by Crippen LogP contribution is -2.40. The Morgan fingerprint density at radius 3 is 2.57 bits per heavy atom. The van der Waals surface area contributed by atoms with Crippen molar-refractivity contribution in [2.24, 2.45) is 0 Å². The third kappa shape index (κ3) is 5.62. The molecule has 1 amide bonds. The summed E-state index contributed by atoms with van der Waals surface area (Å²) in [5.41, 5.74) is 1.43. The lowest BCUT2D eigenvalue weighted by Gasteiger charge is -2.21. The summed E-state index contributed by atoms with van der Waals surface area (Å²) in [5.74, 6) is -0.375. The molecule has 0 radical (unpaired) electrons. The van der Waals surface area contributed by atoms with Crippen LogP contribution in [0.4, 0.5) is 24.8 Å². The van der Waals surface area contributed by atoms with E-state index >= 15 is 0 Å². The Morgan fingerprint density at radius 1 is 1.17 bits per heavy atom. The van der Waals surface area contributed by atoms with Gasteiger partial charge in [0.15, 0.2) is 12.3 Å². The van der Waals surface area contributed by atoms with Crippen molar-refractivity contribution in [3.8, 4) is 5.75 Å². The number of aryl methyl sites for hydroxylation is 1. The first-order chi connectivity index (χ1) is 13.9. The number of hydrogen-bond acceptors (Lipinski definition) is 5. The molecular weight excluding hydrogens is 399 g/mol. The van der Waals surface area contributed by atoms with Gasteiger partial charge in [-0.1, -0.05) is 6.07 Å². The van der Waals surface area contributed by atoms with Crippen LogP contribution in [0.1, 0.15) is 36.7 Å². The molecule has 0 bridgehead atoms. The second kappa shape index (κ2) is 7.85. The van der Waals surface area contributed by atoms with E-state index in [0.717, 1.165) is 5.56 Å². The molecule has 0 aliphatic heterocycles. The van der Waals surface area contributed by atoms with E-state index in [-0.39, 0.29) is 22.9 Å². The van der Waals surface area contributed by atoms with Gasteiger partial charge in [-0.2, -0.15) is 18.2 Å². The number of nitrogens with zero attached hydrogens (tertiary/aromatic N) is 3. The fourth-order valence-electron chi connectivity index (χ4n) is 2.62. The van der Waals surface area contributed by atoms with Crippen LogP contribution in [0.15, 0.2) is 36.5 Å². The largest absolute Gasteiger partial charge is 0.482 e. The number of nitrogens with one attached hydrogen (secondary N) is 2. The third-order valence-electron chi connectivity index (χ3n) is 3.85. The number of alkyl halides is 3. The number of halogens is 3. The second-order valence-corrected chi connectivity index (χ2v) is 7.89. The monoisotopic (exact) mass is 421 g/mol. The topological polar surface area (TPSA) is 80.5 Å². The molecule has 30 heavy (non-hydrogen) atoms. The first-order valence-corrected chi connectivity index (χ1v) is 9.16. The zero-order valence-electron chi connectivity index (χ0n) is 17.0. The molecule has 3 rings (SSSR count). The smallest absolute Gasteiger partial charge is 0.422 e. The number of rotatable bonds is 5. The molecule has 0 saturated carbocycles. The van der Waals surface area contributed by atoms with Crippen molar-refractivity contribution >= 4 is 23.2 Å². The van der Waals surface area contributed by atoms with Crippen LogP contribution >= 0.6 is 0 Å². The highest BCUT2D eigenvalue weighted by atomic mass is 19.4. The van der Waals surface area contributed by atoms with E-state index in [2.05, 4.69) is 20.7 Å². The van der Waals surface area contributed by atoms with E-state index in [4.69, 9.17) is 4.74 Å². The van der Waals surface area contributed by atoms with Gasteiger partial charge in [0, 0.05) is 17.3 Å². The number of pyridine rings is 1. The summed E-state index contributed by atoms with van der Waals surface area (Å²) in [6, 6.07) is 7.85. The molecule has 7 nitrogen and oxygen atoms in total. The average molecular weight is 421 g/mol. The number of ether oxygens (including phenoxy) is 1. The van der Waals surface area contributed by atoms with E-state index < -0.39 is 24.2 Å². The molecule has 0 fully saturated rings. The molecule has 2 N–H and O–H groups in total. The molecule has 0 atom stereocenters. The van der Waals surface area contributed by atoms with Crippen molar-refractivity contribution < 1.29 is 22.7 Å². The van der Waals surface area contributed by atoms with Crippen LogP contribution in [0, 0.1) is 6.92 Å². The van der Waals surface area contributed by atoms with E-state index in [1.165, 1.54) is 18.2 Å². The second-order valence-electron chi connectivity index (χ2n) is 7.89. The van der Waals surface area contributed by atoms with E-state index in [1.807, 2.05) is 13.0 Å². The van der Waals surface area contributed by atoms with E-state index in [9.17, 15) is 18.0 Å². The fraction of sp³-hybridized carbons (Fsp3) is 0.350. The summed E-state index contributed by atoms with van der Waals surface area (Å²) in [5, 5.41) is 9.89. The molecule has 2 heterocycles. The van der Waals surface area contributed by atoms with Gasteiger partial charge in [-0.3, -0.25) is 4.79 Å². The summed E-state index contributed by atoms with van der Waals surface area (Å²) in [6.45, 7) is 5.82. The number of anilines is 2. The van der Waals surface area contributed by atoms with Gasteiger partial charge >= 0.3 is 6.18 Å². The molecule has 10 heteroatoms. The quantitative estimate of drug-likeness (QED) is 0.644. The van der Waals surface area contributed by atoms with Crippen LogP contribution < -0.4 is 15.4 Å². The Labute approximate surface area is 171 Å². The van der Waals surface area contributed by atoms with E-state index in [0.29, 0.717) is 5.65 Å². The highest BCUT2D eigenvalue weighted by Gasteiger charge is 2.29. The maximum absolute atomic E-state index is 12.7. The number of hydrogen-bond donors (Lipinski definition) is 2. The minimum absolute atomic E-state index is 0.135. The van der Waals surface area contributed by atoms with Gasteiger partial charge < -0.3 is 15.4 Å². The Bertz CT molecular complexity index is 1070. The summed E-state index contributed by atoms with van der Waals surface area (Å²) in [4.78, 5) is 16.7. The number of benzene rings is 1. The number of carbonyl (C=O) groups excluding carboxylic acids is 1. The molecule has 0 unspecified atom stereocenters. The molecule has 0 spiro atoms. The van der Waals surface area contributed by atoms with Gasteiger partial charge in [-0.15, -0.1) is 5.10 Å². The van der Waals surface area contributed by atoms with Crippen molar-refractivity contribution in [2.75, 3.05) is 11.9 Å². The Balaban J connectivity index is 1.91. The number of amides is 1. The third-order valence-corrected chi connectivity index (χ3v) is 3.85. The first kappa shape index (κ1) is 21.4. The maximum atomic E-state index is 12.7. The summed E-state index contributed by atoms with van der Waals surface area (Å²) < 4.78 is 44.6. The Hall–Kier alpha value is -3.30. The average Bonchev–Trinajstić information content (AvgIpc) is 3.00. The van der Waals surface area contributed by atoms with Crippen LogP contribution in [-0.4, -0.2) is 38.8 Å². The van der Waals surface area contributed by atoms with Crippen LogP contribution in [-0.2, 0) is 0 Å². The zero-order chi connectivity index (χ0) is 22.1. The summed E-state index contributed by atoms with van der Waals surface area (Å²) >= 11 is 0. The molecule has 0 aliphatic rings. The maximum Gasteiger partial charge on any atom is 0.422 e. The normalized spacial score (nSPS) is 12.1. The SMILES string of the molecule is Cc1ccc2nc(Nc3ccc(C(=O)NC(C)(C)C)cc3OCC(F)(F)F)nn2c1. The number of fused-ring (bicyclic) bond motifs is 1. The lowest BCUT2D eigenvalue weighted by molar-refractivity contribution is -0.153. The van der Waals surface area contributed by atoms with Crippen LogP contribution in [0.2, 0.25) is 0 Å². The van der Waals surface area contributed by atoms with Crippen molar-refractivity contribution in [1.29, 1.82) is 0 Å². The van der Waals surface area contributed by atoms with Crippen LogP contribution in [0.5, 0.6) is 5.75 Å². The standard InChI is InChI=1S/C20H22F3N5O2/c1-12-5-8-16-25-18(27-28(16)10-12)24-14-7-6-13(17(29)26-19(2,3)4)9-15(14)30-11-20(21,22)23/h5-10H,11H2,1-4H3,(H,24,27)(H,26,29). The lowest BCUT2D eigenvalue weighted by atomic mass is 10.1. The summed E-state index contributed by atoms with van der Waals surface area (Å²) in [6.07, 6.45) is -2.76. The van der Waals surface area contributed by atoms with Gasteiger partial charge in [0.2, 0.25) is 5.95 Å². The van der Waals surface area contributed by atoms with Crippen molar-refractivity contribution in [1.82, 2.24) is 19.9 Å². The predicted octanol–water partition coefficient (Wildman–Crippen LogP) is 4.25. The zero-order valence-corrected chi connectivity index (χ0v) is 17.0. The van der Waals surface area contributed by atoms with E-state index in [1.54, 1.807) is 37.5 Å². The molecule has 3 aromatic rings.